The molecule has 250 valence electrons. The van der Waals surface area contributed by atoms with Gasteiger partial charge in [0, 0.05) is 26.2 Å². The third-order valence-electron chi connectivity index (χ3n) is 14.3. The first kappa shape index (κ1) is 32.6. The SMILES string of the molecule is COC(=O)C12CC=C3C4(C)CCC5C(C)(COC(C)=O)C(OC(C)=O)C(OC(C)=O)CC5(C)C4CC4CC34C1CC(C)(C)CC2. The molecular weight excluding hydrogens is 572 g/mol. The van der Waals surface area contributed by atoms with Crippen molar-refractivity contribution in [3.05, 3.63) is 11.6 Å². The summed E-state index contributed by atoms with van der Waals surface area (Å²) in [6.07, 6.45) is 9.38. The molecule has 0 aliphatic heterocycles. The minimum atomic E-state index is -0.738. The van der Waals surface area contributed by atoms with Crippen LogP contribution in [-0.2, 0) is 38.1 Å². The molecule has 0 radical (unpaired) electrons. The summed E-state index contributed by atoms with van der Waals surface area (Å²) in [7, 11) is 1.55. The number of methoxy groups -OCH3 is 1. The van der Waals surface area contributed by atoms with Crippen LogP contribution in [0, 0.1) is 56.2 Å². The lowest BCUT2D eigenvalue weighted by molar-refractivity contribution is -0.246. The highest BCUT2D eigenvalue weighted by Gasteiger charge is 2.78. The van der Waals surface area contributed by atoms with Gasteiger partial charge in [0.05, 0.1) is 12.5 Å². The first-order chi connectivity index (χ1) is 20.9. The minimum absolute atomic E-state index is 0.0316. The third-order valence-corrected chi connectivity index (χ3v) is 14.3. The molecule has 0 heterocycles. The van der Waals surface area contributed by atoms with Gasteiger partial charge in [-0.05, 0) is 103 Å². The van der Waals surface area contributed by atoms with Crippen molar-refractivity contribution in [1.29, 1.82) is 0 Å². The second-order valence-electron chi connectivity index (χ2n) is 17.3. The van der Waals surface area contributed by atoms with E-state index in [1.807, 2.05) is 0 Å². The summed E-state index contributed by atoms with van der Waals surface area (Å²) in [5.74, 6) is -0.125. The monoisotopic (exact) mass is 626 g/mol. The number of hydrogen-bond acceptors (Lipinski definition) is 8. The number of fused-ring (bicyclic) bond motifs is 5. The first-order valence-electron chi connectivity index (χ1n) is 17.2. The van der Waals surface area contributed by atoms with Gasteiger partial charge in [-0.15, -0.1) is 0 Å². The van der Waals surface area contributed by atoms with Crippen molar-refractivity contribution in [2.45, 2.75) is 125 Å². The minimum Gasteiger partial charge on any atom is -0.469 e. The van der Waals surface area contributed by atoms with E-state index in [1.54, 1.807) is 12.7 Å². The summed E-state index contributed by atoms with van der Waals surface area (Å²) in [6.45, 7) is 15.9. The fraction of sp³-hybridized carbons (Fsp3) is 0.838. The van der Waals surface area contributed by atoms with Crippen LogP contribution in [0.25, 0.3) is 0 Å². The number of ether oxygens (including phenoxy) is 4. The lowest BCUT2D eigenvalue weighted by atomic mass is 9.36. The van der Waals surface area contributed by atoms with Crippen LogP contribution in [-0.4, -0.2) is 49.8 Å². The topological polar surface area (TPSA) is 105 Å². The van der Waals surface area contributed by atoms with Crippen molar-refractivity contribution >= 4 is 23.9 Å². The summed E-state index contributed by atoms with van der Waals surface area (Å²) >= 11 is 0. The molecule has 11 atom stereocenters. The zero-order chi connectivity index (χ0) is 33.0. The van der Waals surface area contributed by atoms with Crippen LogP contribution in [0.2, 0.25) is 0 Å². The van der Waals surface area contributed by atoms with Crippen molar-refractivity contribution in [3.8, 4) is 0 Å². The molecule has 6 aliphatic carbocycles. The van der Waals surface area contributed by atoms with Crippen LogP contribution in [0.5, 0.6) is 0 Å². The van der Waals surface area contributed by atoms with Gasteiger partial charge in [0.2, 0.25) is 0 Å². The summed E-state index contributed by atoms with van der Waals surface area (Å²) < 4.78 is 23.2. The molecule has 8 nitrogen and oxygen atoms in total. The highest BCUT2D eigenvalue weighted by atomic mass is 16.6. The van der Waals surface area contributed by atoms with Gasteiger partial charge in [-0.3, -0.25) is 19.2 Å². The molecule has 0 aromatic carbocycles. The van der Waals surface area contributed by atoms with E-state index in [1.165, 1.54) is 20.8 Å². The molecule has 1 spiro atoms. The quantitative estimate of drug-likeness (QED) is 0.191. The van der Waals surface area contributed by atoms with Gasteiger partial charge in [0.25, 0.3) is 0 Å². The van der Waals surface area contributed by atoms with Gasteiger partial charge in [-0.1, -0.05) is 46.3 Å². The van der Waals surface area contributed by atoms with E-state index >= 15 is 0 Å². The van der Waals surface area contributed by atoms with Crippen LogP contribution < -0.4 is 0 Å². The van der Waals surface area contributed by atoms with Crippen molar-refractivity contribution in [2.75, 3.05) is 13.7 Å². The fourth-order valence-electron chi connectivity index (χ4n) is 12.6. The molecule has 8 heteroatoms. The van der Waals surface area contributed by atoms with Crippen LogP contribution in [0.4, 0.5) is 0 Å². The number of hydrogen-bond donors (Lipinski definition) is 0. The molecule has 0 saturated heterocycles. The normalized spacial score (nSPS) is 47.2. The molecule has 5 saturated carbocycles. The summed E-state index contributed by atoms with van der Waals surface area (Å²) in [4.78, 5) is 50.7. The van der Waals surface area contributed by atoms with Gasteiger partial charge in [0.15, 0.2) is 0 Å². The molecule has 5 fully saturated rings. The summed E-state index contributed by atoms with van der Waals surface area (Å²) in [5, 5.41) is 0. The van der Waals surface area contributed by atoms with E-state index in [0.29, 0.717) is 18.3 Å². The first-order valence-corrected chi connectivity index (χ1v) is 17.2. The molecule has 0 bridgehead atoms. The predicted octanol–water partition coefficient (Wildman–Crippen LogP) is 6.59. The summed E-state index contributed by atoms with van der Waals surface area (Å²) in [6, 6.07) is 0. The van der Waals surface area contributed by atoms with Crippen molar-refractivity contribution in [1.82, 2.24) is 0 Å². The Morgan fingerprint density at radius 2 is 1.51 bits per heavy atom. The highest BCUT2D eigenvalue weighted by Crippen LogP contribution is 2.83. The Hall–Kier alpha value is -2.38. The Balaban J connectivity index is 1.44. The Labute approximate surface area is 268 Å². The smallest absolute Gasteiger partial charge is 0.312 e. The Morgan fingerprint density at radius 3 is 2.13 bits per heavy atom. The standard InChI is InChI=1S/C37H54O8/c1-21(38)43-20-35(8)26-10-12-33(6)27-11-13-36(31(41)42-9)15-14-32(4,5)19-29(36)37(27)17-24(37)16-28(33)34(26,7)18-25(44-22(2)39)30(35)45-23(3)40/h11,24-26,28-30H,10,12-20H2,1-9H3. The van der Waals surface area contributed by atoms with Crippen molar-refractivity contribution < 1.29 is 38.1 Å². The molecule has 45 heavy (non-hydrogen) atoms. The van der Waals surface area contributed by atoms with E-state index in [0.717, 1.165) is 51.4 Å². The number of allylic oxidation sites excluding steroid dienone is 2. The molecule has 0 amide bonds. The highest BCUT2D eigenvalue weighted by molar-refractivity contribution is 5.79. The number of carbonyl (C=O) groups excluding carboxylic acids is 4. The van der Waals surface area contributed by atoms with E-state index in [9.17, 15) is 19.2 Å². The number of carbonyl (C=O) groups is 4. The summed E-state index contributed by atoms with van der Waals surface area (Å²) in [5.41, 5.74) is 0.237. The fourth-order valence-corrected chi connectivity index (χ4v) is 12.6. The maximum atomic E-state index is 13.6. The zero-order valence-electron chi connectivity index (χ0n) is 28.9. The molecule has 11 unspecified atom stereocenters. The van der Waals surface area contributed by atoms with E-state index in [-0.39, 0.29) is 52.0 Å². The molecule has 0 aromatic heterocycles. The van der Waals surface area contributed by atoms with Crippen molar-refractivity contribution in [2.24, 2.45) is 56.2 Å². The van der Waals surface area contributed by atoms with Gasteiger partial charge >= 0.3 is 23.9 Å². The second kappa shape index (κ2) is 10.3. The maximum absolute atomic E-state index is 13.6. The second-order valence-corrected chi connectivity index (χ2v) is 17.3. The van der Waals surface area contributed by atoms with E-state index in [2.05, 4.69) is 40.7 Å². The van der Waals surface area contributed by atoms with Gasteiger partial charge < -0.3 is 18.9 Å². The molecule has 0 aromatic rings. The van der Waals surface area contributed by atoms with Crippen LogP contribution in [0.15, 0.2) is 11.6 Å². The average molecular weight is 627 g/mol. The largest absolute Gasteiger partial charge is 0.469 e. The maximum Gasteiger partial charge on any atom is 0.312 e. The Kier molecular flexibility index (Phi) is 7.46. The average Bonchev–Trinajstić information content (AvgIpc) is 3.66. The van der Waals surface area contributed by atoms with E-state index < -0.39 is 35.0 Å². The molecule has 6 aliphatic rings. The Morgan fingerprint density at radius 1 is 0.822 bits per heavy atom. The van der Waals surface area contributed by atoms with E-state index in [4.69, 9.17) is 18.9 Å². The van der Waals surface area contributed by atoms with Crippen molar-refractivity contribution in [3.63, 3.8) is 0 Å². The number of esters is 4. The van der Waals surface area contributed by atoms with Crippen LogP contribution in [0.1, 0.15) is 113 Å². The lowest BCUT2D eigenvalue weighted by Gasteiger charge is -2.68. The van der Waals surface area contributed by atoms with Crippen LogP contribution >= 0.6 is 0 Å². The molecule has 6 rings (SSSR count). The third kappa shape index (κ3) is 4.57. The molecular formula is C37H54O8. The van der Waals surface area contributed by atoms with Gasteiger partial charge in [-0.25, -0.2) is 0 Å². The van der Waals surface area contributed by atoms with Gasteiger partial charge in [-0.2, -0.15) is 0 Å². The lowest BCUT2D eigenvalue weighted by Crippen LogP contribution is -2.67. The molecule has 0 N–H and O–H groups in total. The van der Waals surface area contributed by atoms with Gasteiger partial charge in [0.1, 0.15) is 18.8 Å². The number of rotatable bonds is 5. The predicted molar refractivity (Wildman–Crippen MR) is 166 cm³/mol. The zero-order valence-corrected chi connectivity index (χ0v) is 28.9. The Bertz CT molecular complexity index is 1330. The van der Waals surface area contributed by atoms with Crippen LogP contribution in [0.3, 0.4) is 0 Å².